The molecular weight excluding hydrogens is 268 g/mol. The Labute approximate surface area is 119 Å². The van der Waals surface area contributed by atoms with Gasteiger partial charge >= 0.3 is 0 Å². The highest BCUT2D eigenvalue weighted by Gasteiger charge is 2.14. The van der Waals surface area contributed by atoms with Crippen molar-refractivity contribution in [3.8, 4) is 21.8 Å². The Morgan fingerprint density at radius 1 is 0.800 bits per heavy atom. The summed E-state index contributed by atoms with van der Waals surface area (Å²) in [7, 11) is 0. The largest absolute Gasteiger partial charge is 0.170 e. The van der Waals surface area contributed by atoms with Crippen molar-refractivity contribution in [1.82, 2.24) is 20.0 Å². The fourth-order valence-corrected chi connectivity index (χ4v) is 3.06. The van der Waals surface area contributed by atoms with Gasteiger partial charge in [0.15, 0.2) is 4.83 Å². The van der Waals surface area contributed by atoms with E-state index in [0.29, 0.717) is 0 Å². The van der Waals surface area contributed by atoms with Crippen molar-refractivity contribution in [3.63, 3.8) is 0 Å². The molecule has 4 aromatic rings. The smallest absolute Gasteiger partial charge is 0.136 e. The average molecular weight is 278 g/mol. The summed E-state index contributed by atoms with van der Waals surface area (Å²) < 4.78 is 1.61. The van der Waals surface area contributed by atoms with Crippen molar-refractivity contribution in [1.29, 1.82) is 0 Å². The van der Waals surface area contributed by atoms with Gasteiger partial charge in [0.05, 0.1) is 0 Å². The van der Waals surface area contributed by atoms with Crippen LogP contribution in [0.1, 0.15) is 0 Å². The topological polar surface area (TPSA) is 43.1 Å². The van der Waals surface area contributed by atoms with E-state index in [9.17, 15) is 0 Å². The molecule has 0 aliphatic rings. The van der Waals surface area contributed by atoms with E-state index in [1.807, 2.05) is 60.7 Å². The minimum Gasteiger partial charge on any atom is -0.136 e. The second-order valence-electron chi connectivity index (χ2n) is 4.37. The van der Waals surface area contributed by atoms with Gasteiger partial charge in [-0.05, 0) is 5.21 Å². The lowest BCUT2D eigenvalue weighted by Crippen LogP contribution is -1.87. The standard InChI is InChI=1S/C15H10N4S/c1-3-7-11(8-4-1)13-15-19(18-16-13)17-14(20-15)12-9-5-2-6-10-12/h1-10H. The molecule has 0 aliphatic heterocycles. The summed E-state index contributed by atoms with van der Waals surface area (Å²) in [4.78, 5) is 0.968. The van der Waals surface area contributed by atoms with Crippen LogP contribution in [0.15, 0.2) is 60.7 Å². The van der Waals surface area contributed by atoms with Gasteiger partial charge in [0.1, 0.15) is 10.7 Å². The van der Waals surface area contributed by atoms with Gasteiger partial charge in [-0.25, -0.2) is 0 Å². The fraction of sp³-hybridized carbons (Fsp3) is 0. The number of nitrogens with zero attached hydrogens (tertiary/aromatic N) is 4. The summed E-state index contributed by atoms with van der Waals surface area (Å²) in [5.74, 6) is 0. The molecule has 0 aliphatic carbocycles. The summed E-state index contributed by atoms with van der Waals surface area (Å²) in [6.45, 7) is 0. The molecule has 96 valence electrons. The Morgan fingerprint density at radius 3 is 2.15 bits per heavy atom. The van der Waals surface area contributed by atoms with E-state index >= 15 is 0 Å². The zero-order valence-electron chi connectivity index (χ0n) is 10.5. The van der Waals surface area contributed by atoms with Crippen LogP contribution in [-0.2, 0) is 0 Å². The fourth-order valence-electron chi connectivity index (χ4n) is 2.09. The van der Waals surface area contributed by atoms with Crippen molar-refractivity contribution in [2.24, 2.45) is 0 Å². The van der Waals surface area contributed by atoms with Gasteiger partial charge < -0.3 is 0 Å². The first-order chi connectivity index (χ1) is 9.92. The Morgan fingerprint density at radius 2 is 1.45 bits per heavy atom. The highest BCUT2D eigenvalue weighted by atomic mass is 32.1. The van der Waals surface area contributed by atoms with Crippen LogP contribution < -0.4 is 0 Å². The predicted octanol–water partition coefficient (Wildman–Crippen LogP) is 3.52. The molecule has 0 N–H and O–H groups in total. The summed E-state index contributed by atoms with van der Waals surface area (Å²) in [6, 6.07) is 20.2. The maximum atomic E-state index is 4.49. The third-order valence-electron chi connectivity index (χ3n) is 3.06. The predicted molar refractivity (Wildman–Crippen MR) is 79.5 cm³/mol. The van der Waals surface area contributed by atoms with Crippen molar-refractivity contribution in [2.45, 2.75) is 0 Å². The van der Waals surface area contributed by atoms with Gasteiger partial charge in [0.25, 0.3) is 0 Å². The second kappa shape index (κ2) is 4.54. The van der Waals surface area contributed by atoms with E-state index in [4.69, 9.17) is 0 Å². The monoisotopic (exact) mass is 278 g/mol. The molecular formula is C15H10N4S. The summed E-state index contributed by atoms with van der Waals surface area (Å²) in [6.07, 6.45) is 0. The molecule has 0 amide bonds. The highest BCUT2D eigenvalue weighted by Crippen LogP contribution is 2.30. The Hall–Kier alpha value is -2.53. The molecule has 5 heteroatoms. The van der Waals surface area contributed by atoms with E-state index in [0.717, 1.165) is 26.7 Å². The molecule has 2 aromatic heterocycles. The zero-order chi connectivity index (χ0) is 13.4. The maximum absolute atomic E-state index is 4.49. The van der Waals surface area contributed by atoms with Crippen LogP contribution in [0.3, 0.4) is 0 Å². The average Bonchev–Trinajstić information content (AvgIpc) is 3.09. The molecule has 0 saturated heterocycles. The lowest BCUT2D eigenvalue weighted by atomic mass is 10.2. The first-order valence-electron chi connectivity index (χ1n) is 6.25. The number of rotatable bonds is 2. The molecule has 0 fully saturated rings. The van der Waals surface area contributed by atoms with E-state index in [-0.39, 0.29) is 0 Å². The minimum atomic E-state index is 0.880. The van der Waals surface area contributed by atoms with Crippen LogP contribution in [0.2, 0.25) is 0 Å². The van der Waals surface area contributed by atoms with Crippen LogP contribution in [-0.4, -0.2) is 20.0 Å². The maximum Gasteiger partial charge on any atom is 0.170 e. The van der Waals surface area contributed by atoms with Crippen LogP contribution in [0.25, 0.3) is 26.7 Å². The summed E-state index contributed by atoms with van der Waals surface area (Å²) in [5.41, 5.74) is 3.04. The molecule has 0 bridgehead atoms. The molecule has 2 heterocycles. The minimum absolute atomic E-state index is 0.880. The SMILES string of the molecule is c1ccc(-c2nn3nnc(-c4ccccc4)c3s2)cc1. The van der Waals surface area contributed by atoms with Crippen LogP contribution in [0.5, 0.6) is 0 Å². The first-order valence-corrected chi connectivity index (χ1v) is 7.07. The third-order valence-corrected chi connectivity index (χ3v) is 4.12. The quantitative estimate of drug-likeness (QED) is 0.563. The van der Waals surface area contributed by atoms with E-state index < -0.39 is 0 Å². The molecule has 2 aromatic carbocycles. The van der Waals surface area contributed by atoms with E-state index in [1.165, 1.54) is 0 Å². The Bertz CT molecular complexity index is 849. The van der Waals surface area contributed by atoms with Crippen LogP contribution >= 0.6 is 11.3 Å². The highest BCUT2D eigenvalue weighted by molar-refractivity contribution is 7.20. The number of aromatic nitrogens is 4. The normalized spacial score (nSPS) is 11.0. The molecule has 0 unspecified atom stereocenters. The van der Waals surface area contributed by atoms with Crippen molar-refractivity contribution in [2.75, 3.05) is 0 Å². The van der Waals surface area contributed by atoms with E-state index in [1.54, 1.807) is 16.0 Å². The molecule has 0 saturated carbocycles. The summed E-state index contributed by atoms with van der Waals surface area (Å²) >= 11 is 1.61. The lowest BCUT2D eigenvalue weighted by Gasteiger charge is -1.93. The molecule has 0 atom stereocenters. The zero-order valence-corrected chi connectivity index (χ0v) is 11.3. The van der Waals surface area contributed by atoms with Gasteiger partial charge in [-0.15, -0.1) is 14.8 Å². The second-order valence-corrected chi connectivity index (χ2v) is 5.35. The van der Waals surface area contributed by atoms with Gasteiger partial charge in [-0.1, -0.05) is 72.0 Å². The van der Waals surface area contributed by atoms with Crippen LogP contribution in [0.4, 0.5) is 0 Å². The van der Waals surface area contributed by atoms with Crippen molar-refractivity contribution < 1.29 is 0 Å². The third kappa shape index (κ3) is 1.80. The molecule has 4 nitrogen and oxygen atoms in total. The van der Waals surface area contributed by atoms with Crippen molar-refractivity contribution >= 4 is 16.2 Å². The Balaban J connectivity index is 1.88. The molecule has 0 radical (unpaired) electrons. The number of benzene rings is 2. The summed E-state index contributed by atoms with van der Waals surface area (Å²) in [5, 5.41) is 13.8. The van der Waals surface area contributed by atoms with Crippen molar-refractivity contribution in [3.05, 3.63) is 60.7 Å². The molecule has 20 heavy (non-hydrogen) atoms. The number of hydrogen-bond donors (Lipinski definition) is 0. The van der Waals surface area contributed by atoms with Gasteiger partial charge in [0.2, 0.25) is 0 Å². The number of hydrogen-bond acceptors (Lipinski definition) is 4. The molecule has 4 rings (SSSR count). The van der Waals surface area contributed by atoms with Gasteiger partial charge in [0, 0.05) is 11.1 Å². The van der Waals surface area contributed by atoms with Gasteiger partial charge in [-0.3, -0.25) is 0 Å². The lowest BCUT2D eigenvalue weighted by molar-refractivity contribution is 0.760. The van der Waals surface area contributed by atoms with Crippen LogP contribution in [0, 0.1) is 0 Å². The Kier molecular flexibility index (Phi) is 2.57. The molecule has 0 spiro atoms. The van der Waals surface area contributed by atoms with E-state index in [2.05, 4.69) is 15.4 Å². The number of fused-ring (bicyclic) bond motifs is 1. The first kappa shape index (κ1) is 11.3. The van der Waals surface area contributed by atoms with Gasteiger partial charge in [-0.2, -0.15) is 0 Å².